The zero-order valence-corrected chi connectivity index (χ0v) is 11.1. The minimum atomic E-state index is -0.233. The fourth-order valence-electron chi connectivity index (χ4n) is 2.57. The van der Waals surface area contributed by atoms with Crippen molar-refractivity contribution in [2.24, 2.45) is 0 Å². The lowest BCUT2D eigenvalue weighted by Gasteiger charge is -2.40. The number of rotatable bonds is 4. The first-order chi connectivity index (χ1) is 8.65. The number of methoxy groups -OCH3 is 1. The van der Waals surface area contributed by atoms with Crippen LogP contribution in [-0.4, -0.2) is 18.8 Å². The SMILES string of the molecule is COC1(C)CCCCC1OCc1ccccc1F. The first-order valence-corrected chi connectivity index (χ1v) is 6.56. The van der Waals surface area contributed by atoms with Gasteiger partial charge in [-0.3, -0.25) is 0 Å². The van der Waals surface area contributed by atoms with Crippen LogP contribution in [0.2, 0.25) is 0 Å². The number of benzene rings is 1. The minimum Gasteiger partial charge on any atom is -0.376 e. The fourth-order valence-corrected chi connectivity index (χ4v) is 2.57. The smallest absolute Gasteiger partial charge is 0.128 e. The summed E-state index contributed by atoms with van der Waals surface area (Å²) in [4.78, 5) is 0. The van der Waals surface area contributed by atoms with Gasteiger partial charge < -0.3 is 9.47 Å². The summed E-state index contributed by atoms with van der Waals surface area (Å²) in [5.74, 6) is -0.201. The Morgan fingerprint density at radius 3 is 2.83 bits per heavy atom. The average molecular weight is 252 g/mol. The van der Waals surface area contributed by atoms with Gasteiger partial charge in [-0.05, 0) is 25.8 Å². The van der Waals surface area contributed by atoms with Gasteiger partial charge in [-0.25, -0.2) is 4.39 Å². The molecule has 0 heterocycles. The Labute approximate surface area is 108 Å². The standard InChI is InChI=1S/C15H21FO2/c1-15(17-2)10-6-5-9-14(15)18-11-12-7-3-4-8-13(12)16/h3-4,7-8,14H,5-6,9-11H2,1-2H3. The molecule has 0 amide bonds. The van der Waals surface area contributed by atoms with Gasteiger partial charge in [0.15, 0.2) is 0 Å². The monoisotopic (exact) mass is 252 g/mol. The molecule has 0 saturated heterocycles. The van der Waals surface area contributed by atoms with Crippen molar-refractivity contribution in [3.05, 3.63) is 35.6 Å². The van der Waals surface area contributed by atoms with Crippen LogP contribution in [0, 0.1) is 5.82 Å². The second-order valence-corrected chi connectivity index (χ2v) is 5.15. The first-order valence-electron chi connectivity index (χ1n) is 6.56. The van der Waals surface area contributed by atoms with E-state index in [4.69, 9.17) is 9.47 Å². The Morgan fingerprint density at radius 1 is 1.33 bits per heavy atom. The minimum absolute atomic E-state index is 0.0517. The molecule has 1 aliphatic carbocycles. The van der Waals surface area contributed by atoms with Gasteiger partial charge in [0.05, 0.1) is 18.3 Å². The Balaban J connectivity index is 1.98. The van der Waals surface area contributed by atoms with E-state index in [0.29, 0.717) is 12.2 Å². The van der Waals surface area contributed by atoms with Crippen LogP contribution in [-0.2, 0) is 16.1 Å². The molecule has 0 spiro atoms. The second kappa shape index (κ2) is 5.81. The Bertz CT molecular complexity index is 394. The predicted molar refractivity (Wildman–Crippen MR) is 68.9 cm³/mol. The maximum absolute atomic E-state index is 13.5. The topological polar surface area (TPSA) is 18.5 Å². The maximum atomic E-state index is 13.5. The van der Waals surface area contributed by atoms with Gasteiger partial charge in [0.1, 0.15) is 5.82 Å². The molecule has 1 aromatic carbocycles. The lowest BCUT2D eigenvalue weighted by molar-refractivity contribution is -0.144. The van der Waals surface area contributed by atoms with Gasteiger partial charge in [0.25, 0.3) is 0 Å². The molecule has 0 bridgehead atoms. The van der Waals surface area contributed by atoms with Crippen molar-refractivity contribution in [3.8, 4) is 0 Å². The largest absolute Gasteiger partial charge is 0.376 e. The molecule has 18 heavy (non-hydrogen) atoms. The van der Waals surface area contributed by atoms with Crippen molar-refractivity contribution < 1.29 is 13.9 Å². The molecule has 2 atom stereocenters. The highest BCUT2D eigenvalue weighted by atomic mass is 19.1. The van der Waals surface area contributed by atoms with Crippen LogP contribution in [0.4, 0.5) is 4.39 Å². The number of halogens is 1. The Kier molecular flexibility index (Phi) is 4.36. The van der Waals surface area contributed by atoms with Gasteiger partial charge >= 0.3 is 0 Å². The molecule has 100 valence electrons. The van der Waals surface area contributed by atoms with Crippen LogP contribution in [0.1, 0.15) is 38.2 Å². The third kappa shape index (κ3) is 2.90. The van der Waals surface area contributed by atoms with Crippen molar-refractivity contribution in [2.75, 3.05) is 7.11 Å². The van der Waals surface area contributed by atoms with Gasteiger partial charge in [0, 0.05) is 12.7 Å². The van der Waals surface area contributed by atoms with Gasteiger partial charge in [0.2, 0.25) is 0 Å². The maximum Gasteiger partial charge on any atom is 0.128 e. The summed E-state index contributed by atoms with van der Waals surface area (Å²) in [5.41, 5.74) is 0.380. The van der Waals surface area contributed by atoms with Crippen LogP contribution in [0.15, 0.2) is 24.3 Å². The third-order valence-corrected chi connectivity index (χ3v) is 3.93. The summed E-state index contributed by atoms with van der Waals surface area (Å²) in [6.07, 6.45) is 4.37. The van der Waals surface area contributed by atoms with Gasteiger partial charge in [-0.2, -0.15) is 0 Å². The summed E-state index contributed by atoms with van der Waals surface area (Å²) >= 11 is 0. The lowest BCUT2D eigenvalue weighted by atomic mass is 9.83. The van der Waals surface area contributed by atoms with E-state index in [-0.39, 0.29) is 17.5 Å². The molecule has 3 heteroatoms. The molecule has 0 N–H and O–H groups in total. The number of hydrogen-bond acceptors (Lipinski definition) is 2. The van der Waals surface area contributed by atoms with E-state index in [1.807, 2.05) is 6.07 Å². The van der Waals surface area contributed by atoms with E-state index in [9.17, 15) is 4.39 Å². The lowest BCUT2D eigenvalue weighted by Crippen LogP contribution is -2.45. The predicted octanol–water partition coefficient (Wildman–Crippen LogP) is 3.69. The molecular weight excluding hydrogens is 231 g/mol. The molecule has 1 aliphatic rings. The first kappa shape index (κ1) is 13.5. The number of hydrogen-bond donors (Lipinski definition) is 0. The molecule has 1 saturated carbocycles. The highest BCUT2D eigenvalue weighted by Gasteiger charge is 2.37. The van der Waals surface area contributed by atoms with Gasteiger partial charge in [-0.1, -0.05) is 31.0 Å². The van der Waals surface area contributed by atoms with Crippen molar-refractivity contribution in [2.45, 2.75) is 50.9 Å². The molecule has 1 fully saturated rings. The second-order valence-electron chi connectivity index (χ2n) is 5.15. The molecular formula is C15H21FO2. The summed E-state index contributed by atoms with van der Waals surface area (Å²) in [6, 6.07) is 6.76. The van der Waals surface area contributed by atoms with Crippen molar-refractivity contribution in [3.63, 3.8) is 0 Å². The van der Waals surface area contributed by atoms with Crippen molar-refractivity contribution in [1.82, 2.24) is 0 Å². The quantitative estimate of drug-likeness (QED) is 0.813. The van der Waals surface area contributed by atoms with Crippen LogP contribution in [0.5, 0.6) is 0 Å². The summed E-state index contributed by atoms with van der Waals surface area (Å²) in [7, 11) is 1.73. The molecule has 0 aromatic heterocycles. The molecule has 0 aliphatic heterocycles. The molecule has 2 rings (SSSR count). The van der Waals surface area contributed by atoms with E-state index in [1.54, 1.807) is 19.2 Å². The fraction of sp³-hybridized carbons (Fsp3) is 0.600. The Morgan fingerprint density at radius 2 is 2.11 bits per heavy atom. The van der Waals surface area contributed by atoms with Gasteiger partial charge in [-0.15, -0.1) is 0 Å². The van der Waals surface area contributed by atoms with E-state index in [1.165, 1.54) is 12.5 Å². The third-order valence-electron chi connectivity index (χ3n) is 3.93. The van der Waals surface area contributed by atoms with Crippen LogP contribution >= 0.6 is 0 Å². The molecule has 2 nitrogen and oxygen atoms in total. The van der Waals surface area contributed by atoms with Crippen molar-refractivity contribution in [1.29, 1.82) is 0 Å². The van der Waals surface area contributed by atoms with Crippen LogP contribution < -0.4 is 0 Å². The highest BCUT2D eigenvalue weighted by Crippen LogP contribution is 2.33. The zero-order chi connectivity index (χ0) is 13.0. The zero-order valence-electron chi connectivity index (χ0n) is 11.1. The summed E-state index contributed by atoms with van der Waals surface area (Å²) in [6.45, 7) is 2.40. The Hall–Kier alpha value is -0.930. The summed E-state index contributed by atoms with van der Waals surface area (Å²) in [5, 5.41) is 0. The van der Waals surface area contributed by atoms with E-state index >= 15 is 0 Å². The van der Waals surface area contributed by atoms with E-state index < -0.39 is 0 Å². The van der Waals surface area contributed by atoms with Crippen molar-refractivity contribution >= 4 is 0 Å². The van der Waals surface area contributed by atoms with E-state index in [0.717, 1.165) is 19.3 Å². The molecule has 0 radical (unpaired) electrons. The summed E-state index contributed by atoms with van der Waals surface area (Å²) < 4.78 is 25.0. The normalized spacial score (nSPS) is 28.3. The molecule has 2 unspecified atom stereocenters. The molecule has 1 aromatic rings. The van der Waals surface area contributed by atoms with E-state index in [2.05, 4.69) is 6.92 Å². The number of ether oxygens (including phenoxy) is 2. The highest BCUT2D eigenvalue weighted by molar-refractivity contribution is 5.16. The average Bonchev–Trinajstić information content (AvgIpc) is 2.39. The van der Waals surface area contributed by atoms with Crippen LogP contribution in [0.3, 0.4) is 0 Å². The van der Waals surface area contributed by atoms with Crippen LogP contribution in [0.25, 0.3) is 0 Å².